The maximum Gasteiger partial charge on any atom is 0.416 e. The zero-order valence-electron chi connectivity index (χ0n) is 26.4. The molecule has 10 heteroatoms. The number of nitriles is 1. The highest BCUT2D eigenvalue weighted by atomic mass is 19.4. The predicted molar refractivity (Wildman–Crippen MR) is 171 cm³/mol. The number of anilines is 1. The van der Waals surface area contributed by atoms with Gasteiger partial charge >= 0.3 is 12.1 Å². The van der Waals surface area contributed by atoms with Crippen LogP contribution in [0.15, 0.2) is 67.0 Å². The van der Waals surface area contributed by atoms with Gasteiger partial charge in [0.05, 0.1) is 36.2 Å². The fraction of sp³-hybridized carbons (Fsp3) is 0.333. The number of hydrogen-bond donors (Lipinski definition) is 1. The molecule has 1 heterocycles. The number of halogens is 3. The molecule has 0 spiro atoms. The second-order valence-corrected chi connectivity index (χ2v) is 11.5. The van der Waals surface area contributed by atoms with E-state index in [4.69, 9.17) is 9.84 Å². The lowest BCUT2D eigenvalue weighted by molar-refractivity contribution is -0.138. The molecular weight excluding hydrogens is 593 g/mol. The highest BCUT2D eigenvalue weighted by molar-refractivity contribution is 5.72. The minimum Gasteiger partial charge on any atom is -0.490 e. The molecule has 7 nitrogen and oxygen atoms in total. The fourth-order valence-corrected chi connectivity index (χ4v) is 5.18. The summed E-state index contributed by atoms with van der Waals surface area (Å²) >= 11 is 0. The van der Waals surface area contributed by atoms with E-state index in [1.807, 2.05) is 19.1 Å². The minimum atomic E-state index is -4.62. The lowest BCUT2D eigenvalue weighted by Gasteiger charge is -2.26. The Morgan fingerprint density at radius 2 is 1.76 bits per heavy atom. The first-order chi connectivity index (χ1) is 21.9. The number of hydrogen-bond acceptors (Lipinski definition) is 6. The summed E-state index contributed by atoms with van der Waals surface area (Å²) in [5.74, 6) is 0.0514. The first-order valence-electron chi connectivity index (χ1n) is 15.1. The topological polar surface area (TPSA) is 99.3 Å². The third-order valence-electron chi connectivity index (χ3n) is 7.88. The zero-order valence-corrected chi connectivity index (χ0v) is 26.4. The lowest BCUT2D eigenvalue weighted by atomic mass is 9.89. The summed E-state index contributed by atoms with van der Waals surface area (Å²) < 4.78 is 46.8. The van der Waals surface area contributed by atoms with Crippen LogP contribution < -0.4 is 9.64 Å². The summed E-state index contributed by atoms with van der Waals surface area (Å²) in [4.78, 5) is 21.5. The van der Waals surface area contributed by atoms with Crippen LogP contribution in [0.3, 0.4) is 0 Å². The number of carbonyl (C=O) groups is 1. The second-order valence-electron chi connectivity index (χ2n) is 11.5. The van der Waals surface area contributed by atoms with E-state index >= 15 is 0 Å². The Kier molecular flexibility index (Phi) is 11.0. The lowest BCUT2D eigenvalue weighted by Crippen LogP contribution is -2.25. The molecule has 0 fully saturated rings. The summed E-state index contributed by atoms with van der Waals surface area (Å²) in [6.45, 7) is 8.81. The van der Waals surface area contributed by atoms with E-state index in [0.29, 0.717) is 18.1 Å². The number of alkyl halides is 3. The molecule has 4 rings (SSSR count). The average molecular weight is 631 g/mol. The zero-order chi connectivity index (χ0) is 33.4. The fourth-order valence-electron chi connectivity index (χ4n) is 5.18. The van der Waals surface area contributed by atoms with E-state index < -0.39 is 17.7 Å². The largest absolute Gasteiger partial charge is 0.490 e. The summed E-state index contributed by atoms with van der Waals surface area (Å²) in [5, 5.41) is 18.3. The Hall–Kier alpha value is -4.91. The van der Waals surface area contributed by atoms with E-state index in [9.17, 15) is 23.2 Å². The molecule has 0 amide bonds. The van der Waals surface area contributed by atoms with E-state index in [0.717, 1.165) is 46.4 Å². The molecule has 0 bridgehead atoms. The van der Waals surface area contributed by atoms with Crippen LogP contribution >= 0.6 is 0 Å². The molecule has 0 aliphatic rings. The van der Waals surface area contributed by atoms with Gasteiger partial charge < -0.3 is 14.7 Å². The number of nitrogens with zero attached hydrogens (tertiary/aromatic N) is 4. The van der Waals surface area contributed by atoms with Crippen molar-refractivity contribution >= 4 is 11.9 Å². The number of carboxylic acid groups (broad SMARTS) is 1. The van der Waals surface area contributed by atoms with Crippen molar-refractivity contribution in [3.8, 4) is 22.9 Å². The molecule has 1 N–H and O–H groups in total. The third-order valence-corrected chi connectivity index (χ3v) is 7.88. The third kappa shape index (κ3) is 8.84. The normalized spacial score (nSPS) is 12.0. The molecule has 46 heavy (non-hydrogen) atoms. The minimum absolute atomic E-state index is 0.00329. The van der Waals surface area contributed by atoms with Crippen molar-refractivity contribution in [3.63, 3.8) is 0 Å². The Labute approximate surface area is 267 Å². The van der Waals surface area contributed by atoms with E-state index in [1.165, 1.54) is 24.0 Å². The van der Waals surface area contributed by atoms with Crippen LogP contribution in [0.25, 0.3) is 11.1 Å². The van der Waals surface area contributed by atoms with Crippen LogP contribution in [0.1, 0.15) is 78.0 Å². The van der Waals surface area contributed by atoms with Gasteiger partial charge in [0.1, 0.15) is 0 Å². The molecule has 1 aromatic heterocycles. The first-order valence-corrected chi connectivity index (χ1v) is 15.1. The van der Waals surface area contributed by atoms with Gasteiger partial charge in [-0.2, -0.15) is 18.4 Å². The van der Waals surface area contributed by atoms with Crippen molar-refractivity contribution in [1.29, 1.82) is 5.26 Å². The van der Waals surface area contributed by atoms with Gasteiger partial charge in [0.2, 0.25) is 5.95 Å². The van der Waals surface area contributed by atoms with Crippen LogP contribution in [0.2, 0.25) is 0 Å². The monoisotopic (exact) mass is 630 g/mol. The number of ether oxygens (including phenoxy) is 1. The van der Waals surface area contributed by atoms with E-state index in [2.05, 4.69) is 61.1 Å². The van der Waals surface area contributed by atoms with Crippen LogP contribution in [0.5, 0.6) is 5.75 Å². The Morgan fingerprint density at radius 3 is 2.41 bits per heavy atom. The van der Waals surface area contributed by atoms with E-state index in [1.54, 1.807) is 4.90 Å². The van der Waals surface area contributed by atoms with Crippen LogP contribution in [-0.2, 0) is 24.1 Å². The molecular formula is C36H37F3N4O3. The molecule has 3 aromatic carbocycles. The van der Waals surface area contributed by atoms with Crippen LogP contribution in [0.4, 0.5) is 19.1 Å². The number of aromatic nitrogens is 2. The molecule has 1 unspecified atom stereocenters. The summed E-state index contributed by atoms with van der Waals surface area (Å²) in [7, 11) is 0. The Balaban J connectivity index is 1.76. The van der Waals surface area contributed by atoms with Crippen LogP contribution in [-0.4, -0.2) is 27.7 Å². The Bertz CT molecular complexity index is 1720. The van der Waals surface area contributed by atoms with Gasteiger partial charge in [-0.15, -0.1) is 0 Å². The van der Waals surface area contributed by atoms with Crippen molar-refractivity contribution in [2.75, 3.05) is 11.5 Å². The smallest absolute Gasteiger partial charge is 0.416 e. The molecule has 0 aliphatic heterocycles. The molecule has 240 valence electrons. The number of rotatable bonds is 13. The van der Waals surface area contributed by atoms with Crippen molar-refractivity contribution < 1.29 is 27.8 Å². The number of aryl methyl sites for hydroxylation is 2. The number of aliphatic carboxylic acids is 1. The van der Waals surface area contributed by atoms with Gasteiger partial charge in [0, 0.05) is 19.5 Å². The standard InChI is InChI=1S/C36H37F3N4O3/c1-5-24(3)28-10-9-25(4)33(17-28)32-11-8-23(2)13-29(32)22-43(21-27-14-26(18-40)15-30(16-27)36(37,38)39)35-41-19-31(20-42-35)46-12-6-7-34(44)45/h8-11,13-17,19-20,24H,5-7,12,21-22H2,1-4H3,(H,44,45). The quantitative estimate of drug-likeness (QED) is 0.148. The number of benzene rings is 3. The molecule has 1 atom stereocenters. The SMILES string of the molecule is CCC(C)c1ccc(C)c(-c2ccc(C)cc2CN(Cc2cc(C#N)cc(C(F)(F)F)c2)c2ncc(OCCCC(=O)O)cn2)c1. The molecule has 0 saturated heterocycles. The molecule has 0 saturated carbocycles. The van der Waals surface area contributed by atoms with Gasteiger partial charge in [-0.1, -0.05) is 55.8 Å². The molecule has 4 aromatic rings. The second kappa shape index (κ2) is 14.9. The average Bonchev–Trinajstić information content (AvgIpc) is 3.02. The van der Waals surface area contributed by atoms with E-state index in [-0.39, 0.29) is 43.2 Å². The van der Waals surface area contributed by atoms with Crippen molar-refractivity contribution in [1.82, 2.24) is 9.97 Å². The van der Waals surface area contributed by atoms with Crippen molar-refractivity contribution in [3.05, 3.63) is 106 Å². The van der Waals surface area contributed by atoms with Gasteiger partial charge in [0.25, 0.3) is 0 Å². The highest BCUT2D eigenvalue weighted by Crippen LogP contribution is 2.34. The highest BCUT2D eigenvalue weighted by Gasteiger charge is 2.31. The Morgan fingerprint density at radius 1 is 1.02 bits per heavy atom. The van der Waals surface area contributed by atoms with Gasteiger partial charge in [0.15, 0.2) is 5.75 Å². The first kappa shape index (κ1) is 34.0. The van der Waals surface area contributed by atoms with Gasteiger partial charge in [-0.3, -0.25) is 4.79 Å². The molecule has 0 radical (unpaired) electrons. The maximum absolute atomic E-state index is 13.8. The van der Waals surface area contributed by atoms with Gasteiger partial charge in [-0.05, 0) is 84.2 Å². The van der Waals surface area contributed by atoms with Crippen molar-refractivity contribution in [2.24, 2.45) is 0 Å². The van der Waals surface area contributed by atoms with Crippen molar-refractivity contribution in [2.45, 2.75) is 72.1 Å². The predicted octanol–water partition coefficient (Wildman–Crippen LogP) is 8.61. The summed E-state index contributed by atoms with van der Waals surface area (Å²) in [5.41, 5.74) is 5.64. The summed E-state index contributed by atoms with van der Waals surface area (Å²) in [6, 6.07) is 17.8. The van der Waals surface area contributed by atoms with Crippen LogP contribution in [0, 0.1) is 25.2 Å². The maximum atomic E-state index is 13.8. The number of carboxylic acids is 1. The molecule has 0 aliphatic carbocycles. The van der Waals surface area contributed by atoms with Gasteiger partial charge in [-0.25, -0.2) is 9.97 Å². The summed E-state index contributed by atoms with van der Waals surface area (Å²) in [6.07, 6.45) is -0.430.